The largest absolute Gasteiger partial charge is 0.392 e. The minimum atomic E-state index is 0.0465. The molecule has 0 aliphatic carbocycles. The van der Waals surface area contributed by atoms with E-state index in [4.69, 9.17) is 0 Å². The molecule has 3 nitrogen and oxygen atoms in total. The van der Waals surface area contributed by atoms with Crippen LogP contribution >= 0.6 is 0 Å². The predicted octanol–water partition coefficient (Wildman–Crippen LogP) is 3.35. The van der Waals surface area contributed by atoms with E-state index in [1.54, 1.807) is 0 Å². The highest BCUT2D eigenvalue weighted by atomic mass is 16.3. The zero-order chi connectivity index (χ0) is 13.9. The molecule has 1 aliphatic rings. The molecular formula is C17H22N2O. The van der Waals surface area contributed by atoms with Crippen LogP contribution < -0.4 is 4.90 Å². The summed E-state index contributed by atoms with van der Waals surface area (Å²) in [6.45, 7) is 4.55. The van der Waals surface area contributed by atoms with Gasteiger partial charge in [-0.15, -0.1) is 0 Å². The number of anilines is 1. The van der Waals surface area contributed by atoms with Crippen LogP contribution in [0, 0.1) is 5.92 Å². The Morgan fingerprint density at radius 3 is 2.80 bits per heavy atom. The fourth-order valence-electron chi connectivity index (χ4n) is 3.09. The van der Waals surface area contributed by atoms with Crippen molar-refractivity contribution in [1.29, 1.82) is 0 Å². The molecule has 1 aromatic carbocycles. The highest BCUT2D eigenvalue weighted by Gasteiger charge is 2.17. The van der Waals surface area contributed by atoms with Crippen molar-refractivity contribution in [1.82, 2.24) is 4.98 Å². The molecular weight excluding hydrogens is 248 g/mol. The molecule has 1 unspecified atom stereocenters. The highest BCUT2D eigenvalue weighted by Crippen LogP contribution is 2.29. The summed E-state index contributed by atoms with van der Waals surface area (Å²) in [6.07, 6.45) is 5.60. The standard InChI is InChI=1S/C17H22N2O/c1-13-5-4-9-19(10-8-13)17-16-7-3-2-6-15(16)14(12-20)11-18-17/h2-3,6-7,11,13,20H,4-5,8-10,12H2,1H3. The van der Waals surface area contributed by atoms with Crippen LogP contribution in [0.4, 0.5) is 5.82 Å². The van der Waals surface area contributed by atoms with Gasteiger partial charge in [-0.05, 0) is 30.6 Å². The van der Waals surface area contributed by atoms with Gasteiger partial charge in [0.15, 0.2) is 0 Å². The smallest absolute Gasteiger partial charge is 0.136 e. The molecule has 3 rings (SSSR count). The Balaban J connectivity index is 2.03. The fourth-order valence-corrected chi connectivity index (χ4v) is 3.09. The maximum absolute atomic E-state index is 9.46. The molecule has 3 heteroatoms. The lowest BCUT2D eigenvalue weighted by molar-refractivity contribution is 0.283. The number of rotatable bonds is 2. The number of nitrogens with zero attached hydrogens (tertiary/aromatic N) is 2. The highest BCUT2D eigenvalue weighted by molar-refractivity contribution is 5.94. The number of pyridine rings is 1. The van der Waals surface area contributed by atoms with Crippen molar-refractivity contribution in [3.8, 4) is 0 Å². The molecule has 0 radical (unpaired) electrons. The van der Waals surface area contributed by atoms with Crippen molar-refractivity contribution >= 4 is 16.6 Å². The minimum Gasteiger partial charge on any atom is -0.392 e. The van der Waals surface area contributed by atoms with Gasteiger partial charge < -0.3 is 10.0 Å². The lowest BCUT2D eigenvalue weighted by atomic mass is 10.0. The van der Waals surface area contributed by atoms with Crippen LogP contribution in [-0.4, -0.2) is 23.2 Å². The fraction of sp³-hybridized carbons (Fsp3) is 0.471. The number of aromatic nitrogens is 1. The average molecular weight is 270 g/mol. The van der Waals surface area contributed by atoms with Gasteiger partial charge in [0, 0.05) is 30.2 Å². The number of aliphatic hydroxyl groups is 1. The zero-order valence-electron chi connectivity index (χ0n) is 12.0. The first kappa shape index (κ1) is 13.4. The van der Waals surface area contributed by atoms with E-state index in [-0.39, 0.29) is 6.61 Å². The molecule has 0 spiro atoms. The summed E-state index contributed by atoms with van der Waals surface area (Å²) in [4.78, 5) is 7.04. The molecule has 1 aromatic heterocycles. The third-order valence-electron chi connectivity index (χ3n) is 4.34. The Kier molecular flexibility index (Phi) is 3.88. The number of benzene rings is 1. The molecule has 1 aliphatic heterocycles. The molecule has 0 bridgehead atoms. The Hall–Kier alpha value is -1.61. The van der Waals surface area contributed by atoms with Gasteiger partial charge in [-0.2, -0.15) is 0 Å². The minimum absolute atomic E-state index is 0.0465. The lowest BCUT2D eigenvalue weighted by Gasteiger charge is -2.23. The Bertz CT molecular complexity index is 597. The lowest BCUT2D eigenvalue weighted by Crippen LogP contribution is -2.25. The van der Waals surface area contributed by atoms with E-state index in [0.29, 0.717) is 0 Å². The summed E-state index contributed by atoms with van der Waals surface area (Å²) >= 11 is 0. The first-order valence-corrected chi connectivity index (χ1v) is 7.52. The Morgan fingerprint density at radius 1 is 1.20 bits per heavy atom. The van der Waals surface area contributed by atoms with Crippen LogP contribution in [-0.2, 0) is 6.61 Å². The molecule has 2 heterocycles. The van der Waals surface area contributed by atoms with Crippen LogP contribution in [0.2, 0.25) is 0 Å². The summed E-state index contributed by atoms with van der Waals surface area (Å²) in [6, 6.07) is 8.27. The monoisotopic (exact) mass is 270 g/mol. The molecule has 1 saturated heterocycles. The van der Waals surface area contributed by atoms with Gasteiger partial charge in [-0.25, -0.2) is 4.98 Å². The third-order valence-corrected chi connectivity index (χ3v) is 4.34. The molecule has 20 heavy (non-hydrogen) atoms. The van der Waals surface area contributed by atoms with Gasteiger partial charge in [0.05, 0.1) is 6.61 Å². The zero-order valence-corrected chi connectivity index (χ0v) is 12.0. The summed E-state index contributed by atoms with van der Waals surface area (Å²) in [5.41, 5.74) is 0.910. The van der Waals surface area contributed by atoms with Crippen molar-refractivity contribution < 1.29 is 5.11 Å². The summed E-state index contributed by atoms with van der Waals surface area (Å²) in [5, 5.41) is 11.7. The molecule has 0 saturated carbocycles. The van der Waals surface area contributed by atoms with E-state index in [0.717, 1.165) is 41.2 Å². The molecule has 0 amide bonds. The first-order valence-electron chi connectivity index (χ1n) is 7.52. The van der Waals surface area contributed by atoms with Crippen LogP contribution in [0.5, 0.6) is 0 Å². The van der Waals surface area contributed by atoms with Crippen LogP contribution in [0.15, 0.2) is 30.5 Å². The summed E-state index contributed by atoms with van der Waals surface area (Å²) in [5.74, 6) is 1.88. The van der Waals surface area contributed by atoms with Crippen molar-refractivity contribution in [2.24, 2.45) is 5.92 Å². The molecule has 1 atom stereocenters. The molecule has 1 N–H and O–H groups in total. The normalized spacial score (nSPS) is 20.1. The SMILES string of the molecule is CC1CCCN(c2ncc(CO)c3ccccc23)CC1. The number of fused-ring (bicyclic) bond motifs is 1. The van der Waals surface area contributed by atoms with E-state index in [1.807, 2.05) is 12.3 Å². The quantitative estimate of drug-likeness (QED) is 0.909. The summed E-state index contributed by atoms with van der Waals surface area (Å²) in [7, 11) is 0. The van der Waals surface area contributed by atoms with Crippen molar-refractivity contribution in [2.45, 2.75) is 32.8 Å². The van der Waals surface area contributed by atoms with Crippen molar-refractivity contribution in [3.63, 3.8) is 0 Å². The van der Waals surface area contributed by atoms with Crippen molar-refractivity contribution in [3.05, 3.63) is 36.0 Å². The van der Waals surface area contributed by atoms with Gasteiger partial charge in [0.2, 0.25) is 0 Å². The van der Waals surface area contributed by atoms with E-state index in [9.17, 15) is 5.11 Å². The predicted molar refractivity (Wildman–Crippen MR) is 82.9 cm³/mol. The van der Waals surface area contributed by atoms with Crippen molar-refractivity contribution in [2.75, 3.05) is 18.0 Å². The second kappa shape index (κ2) is 5.80. The third kappa shape index (κ3) is 2.50. The molecule has 1 fully saturated rings. The van der Waals surface area contributed by atoms with E-state index in [2.05, 4.69) is 35.0 Å². The maximum atomic E-state index is 9.46. The number of aliphatic hydroxyl groups excluding tert-OH is 1. The molecule has 106 valence electrons. The topological polar surface area (TPSA) is 36.4 Å². The first-order chi connectivity index (χ1) is 9.79. The van der Waals surface area contributed by atoms with Crippen LogP contribution in [0.3, 0.4) is 0 Å². The average Bonchev–Trinajstić information content (AvgIpc) is 2.71. The van der Waals surface area contributed by atoms with E-state index < -0.39 is 0 Å². The summed E-state index contributed by atoms with van der Waals surface area (Å²) < 4.78 is 0. The van der Waals surface area contributed by atoms with E-state index in [1.165, 1.54) is 19.3 Å². The maximum Gasteiger partial charge on any atom is 0.136 e. The Labute approximate surface area is 120 Å². The van der Waals surface area contributed by atoms with Gasteiger partial charge in [-0.1, -0.05) is 31.2 Å². The van der Waals surface area contributed by atoms with E-state index >= 15 is 0 Å². The number of hydrogen-bond acceptors (Lipinski definition) is 3. The molecule has 2 aromatic rings. The second-order valence-corrected chi connectivity index (χ2v) is 5.83. The van der Waals surface area contributed by atoms with Crippen LogP contribution in [0.1, 0.15) is 31.7 Å². The van der Waals surface area contributed by atoms with Gasteiger partial charge in [0.25, 0.3) is 0 Å². The van der Waals surface area contributed by atoms with Gasteiger partial charge in [0.1, 0.15) is 5.82 Å². The Morgan fingerprint density at radius 2 is 2.00 bits per heavy atom. The van der Waals surface area contributed by atoms with Gasteiger partial charge >= 0.3 is 0 Å². The van der Waals surface area contributed by atoms with Crippen LogP contribution in [0.25, 0.3) is 10.8 Å². The second-order valence-electron chi connectivity index (χ2n) is 5.83. The number of hydrogen-bond donors (Lipinski definition) is 1. The van der Waals surface area contributed by atoms with Gasteiger partial charge in [-0.3, -0.25) is 0 Å².